The van der Waals surface area contributed by atoms with Gasteiger partial charge in [0.25, 0.3) is 0 Å². The SMILES string of the molecule is COc1ccccc1N(C)C(CN)CCNC(=O)OC(C)(C)C. The van der Waals surface area contributed by atoms with Crippen LogP contribution in [-0.4, -0.2) is 45.0 Å². The number of nitrogens with zero attached hydrogens (tertiary/aromatic N) is 1. The standard InChI is InChI=1S/C17H29N3O3/c1-17(2,3)23-16(21)19-11-10-13(12-18)20(4)14-8-6-7-9-15(14)22-5/h6-9,13H,10-12,18H2,1-5H3,(H,19,21). The van der Waals surface area contributed by atoms with E-state index >= 15 is 0 Å². The molecule has 1 atom stereocenters. The Morgan fingerprint density at radius 2 is 2.00 bits per heavy atom. The van der Waals surface area contributed by atoms with E-state index in [-0.39, 0.29) is 6.04 Å². The Kier molecular flexibility index (Phi) is 7.16. The molecule has 1 amide bonds. The highest BCUT2D eigenvalue weighted by atomic mass is 16.6. The molecule has 1 rings (SSSR count). The van der Waals surface area contributed by atoms with Gasteiger partial charge in [-0.2, -0.15) is 0 Å². The maximum absolute atomic E-state index is 11.7. The monoisotopic (exact) mass is 323 g/mol. The van der Waals surface area contributed by atoms with Crippen LogP contribution in [0, 0.1) is 0 Å². The summed E-state index contributed by atoms with van der Waals surface area (Å²) < 4.78 is 10.6. The molecule has 0 saturated heterocycles. The van der Waals surface area contributed by atoms with Crippen LogP contribution in [0.3, 0.4) is 0 Å². The van der Waals surface area contributed by atoms with E-state index in [0.29, 0.717) is 19.5 Å². The topological polar surface area (TPSA) is 76.8 Å². The van der Waals surface area contributed by atoms with Crippen molar-refractivity contribution in [2.45, 2.75) is 38.8 Å². The molecule has 0 fully saturated rings. The number of alkyl carbamates (subject to hydrolysis) is 1. The Balaban J connectivity index is 2.58. The molecule has 6 nitrogen and oxygen atoms in total. The number of likely N-dealkylation sites (N-methyl/N-ethyl adjacent to an activating group) is 1. The van der Waals surface area contributed by atoms with Crippen LogP contribution in [0.2, 0.25) is 0 Å². The predicted molar refractivity (Wildman–Crippen MR) is 93.1 cm³/mol. The first kappa shape index (κ1) is 19.1. The number of nitrogens with one attached hydrogen (secondary N) is 1. The van der Waals surface area contributed by atoms with Gasteiger partial charge >= 0.3 is 6.09 Å². The molecule has 0 aliphatic heterocycles. The molecule has 0 spiro atoms. The van der Waals surface area contributed by atoms with Gasteiger partial charge < -0.3 is 25.4 Å². The van der Waals surface area contributed by atoms with Crippen molar-refractivity contribution in [3.8, 4) is 5.75 Å². The van der Waals surface area contributed by atoms with Crippen molar-refractivity contribution >= 4 is 11.8 Å². The van der Waals surface area contributed by atoms with E-state index in [1.807, 2.05) is 52.1 Å². The summed E-state index contributed by atoms with van der Waals surface area (Å²) in [6, 6.07) is 7.88. The molecule has 0 radical (unpaired) electrons. The summed E-state index contributed by atoms with van der Waals surface area (Å²) in [6.45, 7) is 6.49. The third kappa shape index (κ3) is 6.36. The summed E-state index contributed by atoms with van der Waals surface area (Å²) >= 11 is 0. The number of anilines is 1. The van der Waals surface area contributed by atoms with Crippen LogP contribution in [0.15, 0.2) is 24.3 Å². The Labute approximate surface area is 138 Å². The fourth-order valence-corrected chi connectivity index (χ4v) is 2.24. The zero-order chi connectivity index (χ0) is 17.5. The second-order valence-corrected chi connectivity index (χ2v) is 6.39. The van der Waals surface area contributed by atoms with Crippen LogP contribution in [0.4, 0.5) is 10.5 Å². The number of hydrogen-bond donors (Lipinski definition) is 2. The van der Waals surface area contributed by atoms with E-state index in [2.05, 4.69) is 10.2 Å². The number of hydrogen-bond acceptors (Lipinski definition) is 5. The summed E-state index contributed by atoms with van der Waals surface area (Å²) in [5.74, 6) is 0.800. The molecule has 0 bridgehead atoms. The number of para-hydroxylation sites is 2. The molecular formula is C17H29N3O3. The molecule has 0 heterocycles. The number of ether oxygens (including phenoxy) is 2. The number of rotatable bonds is 7. The Hall–Kier alpha value is -1.95. The molecule has 23 heavy (non-hydrogen) atoms. The summed E-state index contributed by atoms with van der Waals surface area (Å²) in [5.41, 5.74) is 6.38. The minimum Gasteiger partial charge on any atom is -0.495 e. The van der Waals surface area contributed by atoms with E-state index in [4.69, 9.17) is 15.2 Å². The average molecular weight is 323 g/mol. The van der Waals surface area contributed by atoms with Gasteiger partial charge in [0, 0.05) is 26.2 Å². The fraction of sp³-hybridized carbons (Fsp3) is 0.588. The molecule has 0 aliphatic carbocycles. The van der Waals surface area contributed by atoms with E-state index in [1.54, 1.807) is 7.11 Å². The lowest BCUT2D eigenvalue weighted by Gasteiger charge is -2.30. The second-order valence-electron chi connectivity index (χ2n) is 6.39. The van der Waals surface area contributed by atoms with Crippen molar-refractivity contribution in [1.82, 2.24) is 5.32 Å². The average Bonchev–Trinajstić information content (AvgIpc) is 2.49. The number of benzene rings is 1. The molecule has 6 heteroatoms. The van der Waals surface area contributed by atoms with Crippen LogP contribution in [0.5, 0.6) is 5.75 Å². The van der Waals surface area contributed by atoms with Gasteiger partial charge in [-0.25, -0.2) is 4.79 Å². The minimum absolute atomic E-state index is 0.0845. The van der Waals surface area contributed by atoms with Crippen LogP contribution in [0.25, 0.3) is 0 Å². The normalized spacial score (nSPS) is 12.4. The van der Waals surface area contributed by atoms with Gasteiger partial charge in [-0.15, -0.1) is 0 Å². The second kappa shape index (κ2) is 8.62. The smallest absolute Gasteiger partial charge is 0.407 e. The summed E-state index contributed by atoms with van der Waals surface area (Å²) in [5, 5.41) is 2.76. The first-order chi connectivity index (χ1) is 10.8. The van der Waals surface area contributed by atoms with E-state index in [1.165, 1.54) is 0 Å². The summed E-state index contributed by atoms with van der Waals surface area (Å²) in [7, 11) is 3.62. The number of carbonyl (C=O) groups excluding carboxylic acids is 1. The van der Waals surface area contributed by atoms with Gasteiger partial charge in [-0.05, 0) is 39.3 Å². The zero-order valence-electron chi connectivity index (χ0n) is 14.8. The molecule has 1 unspecified atom stereocenters. The van der Waals surface area contributed by atoms with Gasteiger partial charge in [0.15, 0.2) is 0 Å². The molecular weight excluding hydrogens is 294 g/mol. The van der Waals surface area contributed by atoms with Crippen LogP contribution < -0.4 is 20.7 Å². The highest BCUT2D eigenvalue weighted by molar-refractivity contribution is 5.67. The Bertz CT molecular complexity index is 500. The molecule has 0 aromatic heterocycles. The first-order valence-corrected chi connectivity index (χ1v) is 7.81. The third-order valence-corrected chi connectivity index (χ3v) is 3.43. The number of nitrogens with two attached hydrogens (primary N) is 1. The van der Waals surface area contributed by atoms with Crippen molar-refractivity contribution in [3.63, 3.8) is 0 Å². The highest BCUT2D eigenvalue weighted by Gasteiger charge is 2.19. The fourth-order valence-electron chi connectivity index (χ4n) is 2.24. The lowest BCUT2D eigenvalue weighted by molar-refractivity contribution is 0.0526. The maximum atomic E-state index is 11.7. The Morgan fingerprint density at radius 1 is 1.35 bits per heavy atom. The van der Waals surface area contributed by atoms with Crippen molar-refractivity contribution in [3.05, 3.63) is 24.3 Å². The van der Waals surface area contributed by atoms with Crippen molar-refractivity contribution < 1.29 is 14.3 Å². The maximum Gasteiger partial charge on any atom is 0.407 e. The first-order valence-electron chi connectivity index (χ1n) is 7.81. The van der Waals surface area contributed by atoms with Crippen molar-refractivity contribution in [1.29, 1.82) is 0 Å². The molecule has 130 valence electrons. The van der Waals surface area contributed by atoms with E-state index in [0.717, 1.165) is 11.4 Å². The van der Waals surface area contributed by atoms with E-state index in [9.17, 15) is 4.79 Å². The van der Waals surface area contributed by atoms with Crippen LogP contribution in [0.1, 0.15) is 27.2 Å². The third-order valence-electron chi connectivity index (χ3n) is 3.43. The zero-order valence-corrected chi connectivity index (χ0v) is 14.8. The number of carbonyl (C=O) groups is 1. The molecule has 1 aromatic rings. The lowest BCUT2D eigenvalue weighted by Crippen LogP contribution is -2.41. The molecule has 1 aromatic carbocycles. The lowest BCUT2D eigenvalue weighted by atomic mass is 10.1. The summed E-state index contributed by atoms with van der Waals surface area (Å²) in [6.07, 6.45) is 0.304. The molecule has 0 aliphatic rings. The van der Waals surface area contributed by atoms with E-state index < -0.39 is 11.7 Å². The predicted octanol–water partition coefficient (Wildman–Crippen LogP) is 2.37. The van der Waals surface area contributed by atoms with Crippen molar-refractivity contribution in [2.24, 2.45) is 5.73 Å². The van der Waals surface area contributed by atoms with Crippen LogP contribution >= 0.6 is 0 Å². The van der Waals surface area contributed by atoms with Gasteiger partial charge in [-0.3, -0.25) is 0 Å². The van der Waals surface area contributed by atoms with Gasteiger partial charge in [0.1, 0.15) is 11.4 Å². The number of amides is 1. The molecule has 0 saturated carbocycles. The van der Waals surface area contributed by atoms with Gasteiger partial charge in [0.2, 0.25) is 0 Å². The molecule has 3 N–H and O–H groups in total. The largest absolute Gasteiger partial charge is 0.495 e. The summed E-state index contributed by atoms with van der Waals surface area (Å²) in [4.78, 5) is 13.7. The van der Waals surface area contributed by atoms with Gasteiger partial charge in [0.05, 0.1) is 12.8 Å². The quantitative estimate of drug-likeness (QED) is 0.805. The van der Waals surface area contributed by atoms with Crippen LogP contribution in [-0.2, 0) is 4.74 Å². The highest BCUT2D eigenvalue weighted by Crippen LogP contribution is 2.28. The van der Waals surface area contributed by atoms with Gasteiger partial charge in [-0.1, -0.05) is 12.1 Å². The minimum atomic E-state index is -0.494. The van der Waals surface area contributed by atoms with Crippen molar-refractivity contribution in [2.75, 3.05) is 32.1 Å². The Morgan fingerprint density at radius 3 is 2.57 bits per heavy atom. The number of methoxy groups -OCH3 is 1.